The number of ether oxygens (including phenoxy) is 2. The summed E-state index contributed by atoms with van der Waals surface area (Å²) in [6.45, 7) is 0. The molecule has 0 bridgehead atoms. The Morgan fingerprint density at radius 2 is 1.33 bits per heavy atom. The first-order valence-corrected chi connectivity index (χ1v) is 9.88. The molecule has 0 aliphatic heterocycles. The molecule has 8 nitrogen and oxygen atoms in total. The van der Waals surface area contributed by atoms with Gasteiger partial charge in [0.05, 0.1) is 20.0 Å². The molecule has 0 fully saturated rings. The van der Waals surface area contributed by atoms with Crippen LogP contribution < -0.4 is 20.3 Å². The van der Waals surface area contributed by atoms with Gasteiger partial charge in [-0.1, -0.05) is 12.1 Å². The summed E-state index contributed by atoms with van der Waals surface area (Å²) in [5, 5.41) is 0. The van der Waals surface area contributed by atoms with E-state index in [4.69, 9.17) is 9.47 Å². The predicted molar refractivity (Wildman–Crippen MR) is 99.5 cm³/mol. The van der Waals surface area contributed by atoms with Gasteiger partial charge >= 0.3 is 0 Å². The SMILES string of the molecule is COc1cc(OC)cc(C(=O)NNC(=O)c2ccc(CS(C)(=O)=O)cc2)c1. The van der Waals surface area contributed by atoms with Gasteiger partial charge in [-0.25, -0.2) is 8.42 Å². The summed E-state index contributed by atoms with van der Waals surface area (Å²) >= 11 is 0. The molecule has 0 radical (unpaired) electrons. The Kier molecular flexibility index (Phi) is 6.40. The molecule has 144 valence electrons. The summed E-state index contributed by atoms with van der Waals surface area (Å²) in [6.07, 6.45) is 1.14. The molecule has 0 aliphatic rings. The lowest BCUT2D eigenvalue weighted by molar-refractivity contribution is 0.0846. The van der Waals surface area contributed by atoms with Crippen molar-refractivity contribution in [1.29, 1.82) is 0 Å². The van der Waals surface area contributed by atoms with Crippen LogP contribution in [0.2, 0.25) is 0 Å². The van der Waals surface area contributed by atoms with Crippen molar-refractivity contribution in [2.75, 3.05) is 20.5 Å². The van der Waals surface area contributed by atoms with Gasteiger partial charge in [0.15, 0.2) is 9.84 Å². The van der Waals surface area contributed by atoms with E-state index in [0.29, 0.717) is 17.1 Å². The number of carbonyl (C=O) groups is 2. The highest BCUT2D eigenvalue weighted by Crippen LogP contribution is 2.22. The fraction of sp³-hybridized carbons (Fsp3) is 0.222. The molecular formula is C18H20N2O6S. The van der Waals surface area contributed by atoms with Crippen molar-refractivity contribution < 1.29 is 27.5 Å². The zero-order valence-electron chi connectivity index (χ0n) is 15.1. The normalized spacial score (nSPS) is 10.8. The zero-order valence-corrected chi connectivity index (χ0v) is 15.9. The minimum absolute atomic E-state index is 0.108. The standard InChI is InChI=1S/C18H20N2O6S/c1-25-15-8-14(9-16(10-15)26-2)18(22)20-19-17(21)13-6-4-12(5-7-13)11-27(3,23)24/h4-10H,11H2,1-3H3,(H,19,21)(H,20,22). The second-order valence-corrected chi connectivity index (χ2v) is 7.92. The van der Waals surface area contributed by atoms with E-state index in [2.05, 4.69) is 10.9 Å². The van der Waals surface area contributed by atoms with Gasteiger partial charge in [-0.15, -0.1) is 0 Å². The van der Waals surface area contributed by atoms with Crippen molar-refractivity contribution >= 4 is 21.7 Å². The molecule has 0 saturated heterocycles. The van der Waals surface area contributed by atoms with Crippen LogP contribution in [0.3, 0.4) is 0 Å². The van der Waals surface area contributed by atoms with E-state index < -0.39 is 21.7 Å². The van der Waals surface area contributed by atoms with E-state index in [-0.39, 0.29) is 16.9 Å². The van der Waals surface area contributed by atoms with Gasteiger partial charge in [-0.05, 0) is 29.8 Å². The molecule has 0 unspecified atom stereocenters. The number of hydrazine groups is 1. The smallest absolute Gasteiger partial charge is 0.269 e. The van der Waals surface area contributed by atoms with Crippen LogP contribution in [0.25, 0.3) is 0 Å². The van der Waals surface area contributed by atoms with Crippen LogP contribution in [0.4, 0.5) is 0 Å². The maximum absolute atomic E-state index is 12.2. The Bertz CT molecular complexity index is 917. The van der Waals surface area contributed by atoms with Crippen LogP contribution in [0, 0.1) is 0 Å². The third-order valence-electron chi connectivity index (χ3n) is 3.55. The molecule has 0 atom stereocenters. The molecule has 27 heavy (non-hydrogen) atoms. The molecule has 2 N–H and O–H groups in total. The van der Waals surface area contributed by atoms with Gasteiger partial charge in [-0.3, -0.25) is 20.4 Å². The highest BCUT2D eigenvalue weighted by Gasteiger charge is 2.12. The molecule has 0 aromatic heterocycles. The average molecular weight is 392 g/mol. The van der Waals surface area contributed by atoms with Crippen molar-refractivity contribution in [2.24, 2.45) is 0 Å². The molecule has 0 heterocycles. The molecule has 2 amide bonds. The zero-order chi connectivity index (χ0) is 20.0. The second-order valence-electron chi connectivity index (χ2n) is 5.78. The average Bonchev–Trinajstić information content (AvgIpc) is 2.64. The Morgan fingerprint density at radius 3 is 1.78 bits per heavy atom. The minimum Gasteiger partial charge on any atom is -0.497 e. The summed E-state index contributed by atoms with van der Waals surface area (Å²) in [7, 11) is -0.224. The Balaban J connectivity index is 2.01. The van der Waals surface area contributed by atoms with E-state index in [0.717, 1.165) is 6.26 Å². The molecule has 0 spiro atoms. The number of sulfone groups is 1. The molecule has 0 saturated carbocycles. The maximum Gasteiger partial charge on any atom is 0.269 e. The fourth-order valence-corrected chi connectivity index (χ4v) is 3.05. The highest BCUT2D eigenvalue weighted by molar-refractivity contribution is 7.89. The van der Waals surface area contributed by atoms with Gasteiger partial charge in [-0.2, -0.15) is 0 Å². The van der Waals surface area contributed by atoms with Crippen molar-refractivity contribution in [2.45, 2.75) is 5.75 Å². The van der Waals surface area contributed by atoms with E-state index in [1.807, 2.05) is 0 Å². The lowest BCUT2D eigenvalue weighted by atomic mass is 10.1. The third kappa shape index (κ3) is 6.00. The van der Waals surface area contributed by atoms with Crippen LogP contribution in [0.15, 0.2) is 42.5 Å². The van der Waals surface area contributed by atoms with Crippen LogP contribution >= 0.6 is 0 Å². The first-order chi connectivity index (χ1) is 12.7. The van der Waals surface area contributed by atoms with Crippen LogP contribution in [-0.2, 0) is 15.6 Å². The van der Waals surface area contributed by atoms with Crippen LogP contribution in [-0.4, -0.2) is 40.7 Å². The van der Waals surface area contributed by atoms with Crippen molar-refractivity contribution in [3.8, 4) is 11.5 Å². The minimum atomic E-state index is -3.15. The number of nitrogens with one attached hydrogen (secondary N) is 2. The number of hydrogen-bond donors (Lipinski definition) is 2. The van der Waals surface area contributed by atoms with Gasteiger partial charge in [0.25, 0.3) is 11.8 Å². The van der Waals surface area contributed by atoms with E-state index in [1.54, 1.807) is 18.2 Å². The van der Waals surface area contributed by atoms with E-state index >= 15 is 0 Å². The number of carbonyl (C=O) groups excluding carboxylic acids is 2. The molecule has 9 heteroatoms. The topological polar surface area (TPSA) is 111 Å². The molecule has 0 aliphatic carbocycles. The summed E-state index contributed by atoms with van der Waals surface area (Å²) in [5.74, 6) is -0.318. The van der Waals surface area contributed by atoms with Gasteiger partial charge < -0.3 is 9.47 Å². The van der Waals surface area contributed by atoms with Gasteiger partial charge in [0, 0.05) is 23.4 Å². The summed E-state index contributed by atoms with van der Waals surface area (Å²) in [4.78, 5) is 24.4. The van der Waals surface area contributed by atoms with Crippen molar-refractivity contribution in [1.82, 2.24) is 10.9 Å². The van der Waals surface area contributed by atoms with Gasteiger partial charge in [0.1, 0.15) is 11.5 Å². The van der Waals surface area contributed by atoms with Crippen molar-refractivity contribution in [3.63, 3.8) is 0 Å². The number of rotatable bonds is 6. The Hall–Kier alpha value is -3.07. The number of amides is 2. The first kappa shape index (κ1) is 20.2. The second kappa shape index (κ2) is 8.54. The molecular weight excluding hydrogens is 372 g/mol. The molecule has 2 aromatic rings. The van der Waals surface area contributed by atoms with Crippen molar-refractivity contribution in [3.05, 3.63) is 59.2 Å². The van der Waals surface area contributed by atoms with Crippen LogP contribution in [0.5, 0.6) is 11.5 Å². The van der Waals surface area contributed by atoms with Gasteiger partial charge in [0.2, 0.25) is 0 Å². The van der Waals surface area contributed by atoms with E-state index in [1.165, 1.54) is 38.5 Å². The number of hydrogen-bond acceptors (Lipinski definition) is 6. The monoisotopic (exact) mass is 392 g/mol. The summed E-state index contributed by atoms with van der Waals surface area (Å²) in [6, 6.07) is 10.7. The lowest BCUT2D eigenvalue weighted by Gasteiger charge is -2.10. The molecule has 2 aromatic carbocycles. The fourth-order valence-electron chi connectivity index (χ4n) is 2.25. The third-order valence-corrected chi connectivity index (χ3v) is 4.41. The van der Waals surface area contributed by atoms with E-state index in [9.17, 15) is 18.0 Å². The maximum atomic E-state index is 12.2. The highest BCUT2D eigenvalue weighted by atomic mass is 32.2. The molecule has 2 rings (SSSR count). The Morgan fingerprint density at radius 1 is 0.852 bits per heavy atom. The number of benzene rings is 2. The lowest BCUT2D eigenvalue weighted by Crippen LogP contribution is -2.41. The summed E-state index contributed by atoms with van der Waals surface area (Å²) in [5.41, 5.74) is 5.70. The predicted octanol–water partition coefficient (Wildman–Crippen LogP) is 1.32. The summed E-state index contributed by atoms with van der Waals surface area (Å²) < 4.78 is 32.8. The number of methoxy groups -OCH3 is 2. The quantitative estimate of drug-likeness (QED) is 0.718. The first-order valence-electron chi connectivity index (χ1n) is 7.82. The Labute approximate surface area is 157 Å². The largest absolute Gasteiger partial charge is 0.497 e. The van der Waals surface area contributed by atoms with Crippen LogP contribution in [0.1, 0.15) is 26.3 Å².